The summed E-state index contributed by atoms with van der Waals surface area (Å²) in [6.07, 6.45) is 2.38. The number of nitrogens with zero attached hydrogens (tertiary/aromatic N) is 5. The predicted molar refractivity (Wildman–Crippen MR) is 123 cm³/mol. The molecule has 0 bridgehead atoms. The predicted octanol–water partition coefficient (Wildman–Crippen LogP) is 4.66. The number of likely N-dealkylation sites (tertiary alicyclic amines) is 1. The molecule has 0 radical (unpaired) electrons. The van der Waals surface area contributed by atoms with E-state index in [0.29, 0.717) is 34.3 Å². The molecule has 1 atom stereocenters. The van der Waals surface area contributed by atoms with E-state index < -0.39 is 11.9 Å². The van der Waals surface area contributed by atoms with E-state index in [0.717, 1.165) is 25.1 Å². The van der Waals surface area contributed by atoms with Gasteiger partial charge in [0.1, 0.15) is 5.71 Å². The van der Waals surface area contributed by atoms with Crippen molar-refractivity contribution in [2.75, 3.05) is 25.0 Å². The Balaban J connectivity index is 1.42. The number of rotatable bonds is 4. The fraction of sp³-hybridized carbons (Fsp3) is 0.333. The molecule has 5 rings (SSSR count). The second-order valence-electron chi connectivity index (χ2n) is 8.72. The van der Waals surface area contributed by atoms with Crippen LogP contribution in [0.1, 0.15) is 35.0 Å². The molecule has 176 valence electrons. The van der Waals surface area contributed by atoms with Crippen LogP contribution in [0.15, 0.2) is 47.9 Å². The minimum Gasteiger partial charge on any atom is -0.338 e. The Morgan fingerprint density at radius 2 is 2.06 bits per heavy atom. The van der Waals surface area contributed by atoms with Crippen LogP contribution < -0.4 is 5.32 Å². The molecule has 2 aliphatic rings. The number of aryl methyl sites for hydroxylation is 1. The standard InChI is InChI=1S/C24H23F3N6O/c1-14-6-9-32(13-14)23(34)17-4-3-16(11-15(17)2)31-21-22-30-12-19(33(22)10-8-29-21)18-5-7-28-20(18)24(25,26)27/h3-5,8,10-12,14H,6-7,9,13H2,1-2H3,(H,29,31)/t14-/m1/s1. The SMILES string of the molecule is Cc1cc(Nc2nccn3c(C4=CCN=C4C(F)(F)F)cnc23)ccc1C(=O)N1CC[C@@H](C)C1. The molecule has 0 saturated carbocycles. The minimum atomic E-state index is -4.54. The van der Waals surface area contributed by atoms with E-state index in [2.05, 4.69) is 27.2 Å². The smallest absolute Gasteiger partial charge is 0.338 e. The highest BCUT2D eigenvalue weighted by molar-refractivity contribution is 6.27. The van der Waals surface area contributed by atoms with Crippen LogP contribution >= 0.6 is 0 Å². The zero-order chi connectivity index (χ0) is 24.0. The van der Waals surface area contributed by atoms with Gasteiger partial charge >= 0.3 is 6.18 Å². The molecular weight excluding hydrogens is 445 g/mol. The number of hydrogen-bond acceptors (Lipinski definition) is 5. The summed E-state index contributed by atoms with van der Waals surface area (Å²) in [6.45, 7) is 5.54. The lowest BCUT2D eigenvalue weighted by Gasteiger charge is -2.18. The number of aliphatic imine (C=N–C) groups is 1. The van der Waals surface area contributed by atoms with Crippen molar-refractivity contribution in [2.45, 2.75) is 26.4 Å². The van der Waals surface area contributed by atoms with Gasteiger partial charge in [0, 0.05) is 42.3 Å². The summed E-state index contributed by atoms with van der Waals surface area (Å²) in [5.74, 6) is 0.929. The van der Waals surface area contributed by atoms with Crippen LogP contribution in [0, 0.1) is 12.8 Å². The molecule has 1 amide bonds. The van der Waals surface area contributed by atoms with Crippen LogP contribution in [-0.2, 0) is 0 Å². The number of benzene rings is 1. The molecule has 1 N–H and O–H groups in total. The van der Waals surface area contributed by atoms with Crippen molar-refractivity contribution in [1.29, 1.82) is 0 Å². The number of aromatic nitrogens is 3. The minimum absolute atomic E-state index is 0.00657. The third kappa shape index (κ3) is 3.93. The number of fused-ring (bicyclic) bond motifs is 1. The molecule has 7 nitrogen and oxygen atoms in total. The summed E-state index contributed by atoms with van der Waals surface area (Å²) in [4.78, 5) is 27.0. The summed E-state index contributed by atoms with van der Waals surface area (Å²) >= 11 is 0. The number of alkyl halides is 3. The first kappa shape index (κ1) is 22.1. The van der Waals surface area contributed by atoms with Crippen molar-refractivity contribution in [3.8, 4) is 0 Å². The highest BCUT2D eigenvalue weighted by atomic mass is 19.4. The fourth-order valence-electron chi connectivity index (χ4n) is 4.49. The molecule has 0 aliphatic carbocycles. The summed E-state index contributed by atoms with van der Waals surface area (Å²) in [5, 5.41) is 3.18. The third-order valence-electron chi connectivity index (χ3n) is 6.20. The topological polar surface area (TPSA) is 74.9 Å². The quantitative estimate of drug-likeness (QED) is 0.604. The number of allylic oxidation sites excluding steroid dienone is 1. The Morgan fingerprint density at radius 3 is 2.76 bits per heavy atom. The fourth-order valence-corrected chi connectivity index (χ4v) is 4.49. The van der Waals surface area contributed by atoms with E-state index in [9.17, 15) is 18.0 Å². The second kappa shape index (κ2) is 8.27. The lowest BCUT2D eigenvalue weighted by Crippen LogP contribution is -2.29. The van der Waals surface area contributed by atoms with E-state index in [1.807, 2.05) is 17.9 Å². The Labute approximate surface area is 194 Å². The van der Waals surface area contributed by atoms with Crippen molar-refractivity contribution >= 4 is 34.3 Å². The molecule has 2 aliphatic heterocycles. The van der Waals surface area contributed by atoms with Crippen LogP contribution in [0.2, 0.25) is 0 Å². The molecule has 3 aromatic rings. The maximum atomic E-state index is 13.4. The van der Waals surface area contributed by atoms with Gasteiger partial charge in [-0.2, -0.15) is 13.2 Å². The molecule has 2 aromatic heterocycles. The van der Waals surface area contributed by atoms with Crippen LogP contribution in [0.5, 0.6) is 0 Å². The number of hydrogen-bond donors (Lipinski definition) is 1. The number of anilines is 2. The van der Waals surface area contributed by atoms with E-state index in [1.165, 1.54) is 18.5 Å². The van der Waals surface area contributed by atoms with Gasteiger partial charge in [-0.3, -0.25) is 14.2 Å². The zero-order valence-corrected chi connectivity index (χ0v) is 18.7. The van der Waals surface area contributed by atoms with Gasteiger partial charge in [0.15, 0.2) is 11.5 Å². The van der Waals surface area contributed by atoms with Gasteiger partial charge in [0.05, 0.1) is 18.4 Å². The molecule has 34 heavy (non-hydrogen) atoms. The van der Waals surface area contributed by atoms with Crippen molar-refractivity contribution in [3.63, 3.8) is 0 Å². The van der Waals surface area contributed by atoms with Crippen LogP contribution in [0.3, 0.4) is 0 Å². The van der Waals surface area contributed by atoms with E-state index in [4.69, 9.17) is 0 Å². The Bertz CT molecular complexity index is 1340. The maximum Gasteiger partial charge on any atom is 0.433 e. The number of amides is 1. The number of halogens is 3. The van der Waals surface area contributed by atoms with Crippen molar-refractivity contribution in [2.24, 2.45) is 10.9 Å². The first-order chi connectivity index (χ1) is 16.2. The summed E-state index contributed by atoms with van der Waals surface area (Å²) in [6, 6.07) is 5.44. The van der Waals surface area contributed by atoms with Gasteiger partial charge in [-0.15, -0.1) is 0 Å². The van der Waals surface area contributed by atoms with Crippen LogP contribution in [0.4, 0.5) is 24.7 Å². The van der Waals surface area contributed by atoms with Gasteiger partial charge < -0.3 is 10.2 Å². The van der Waals surface area contributed by atoms with Gasteiger partial charge in [-0.05, 0) is 43.0 Å². The van der Waals surface area contributed by atoms with E-state index in [1.54, 1.807) is 22.7 Å². The molecule has 1 fully saturated rings. The largest absolute Gasteiger partial charge is 0.433 e. The van der Waals surface area contributed by atoms with Gasteiger partial charge in [0.2, 0.25) is 0 Å². The number of carbonyl (C=O) groups is 1. The molecule has 10 heteroatoms. The highest BCUT2D eigenvalue weighted by Crippen LogP contribution is 2.32. The van der Waals surface area contributed by atoms with E-state index in [-0.39, 0.29) is 18.0 Å². The van der Waals surface area contributed by atoms with E-state index >= 15 is 0 Å². The molecule has 0 unspecified atom stereocenters. The van der Waals surface area contributed by atoms with Crippen molar-refractivity contribution < 1.29 is 18.0 Å². The summed E-state index contributed by atoms with van der Waals surface area (Å²) in [7, 11) is 0. The Morgan fingerprint density at radius 1 is 1.24 bits per heavy atom. The molecular formula is C24H23F3N6O. The number of carbonyl (C=O) groups excluding carboxylic acids is 1. The van der Waals surface area contributed by atoms with Crippen LogP contribution in [-0.4, -0.2) is 56.7 Å². The van der Waals surface area contributed by atoms with Crippen LogP contribution in [0.25, 0.3) is 11.2 Å². The monoisotopic (exact) mass is 468 g/mol. The lowest BCUT2D eigenvalue weighted by atomic mass is 10.1. The summed E-state index contributed by atoms with van der Waals surface area (Å²) < 4.78 is 41.6. The number of nitrogens with one attached hydrogen (secondary N) is 1. The van der Waals surface area contributed by atoms with Crippen molar-refractivity contribution in [3.05, 3.63) is 59.7 Å². The average Bonchev–Trinajstić information content (AvgIpc) is 3.52. The Kier molecular flexibility index (Phi) is 5.38. The first-order valence-corrected chi connectivity index (χ1v) is 11.0. The number of imidazole rings is 1. The Hall–Kier alpha value is -3.69. The summed E-state index contributed by atoms with van der Waals surface area (Å²) in [5.41, 5.74) is 1.97. The van der Waals surface area contributed by atoms with Crippen molar-refractivity contribution in [1.82, 2.24) is 19.3 Å². The van der Waals surface area contributed by atoms with Gasteiger partial charge in [-0.1, -0.05) is 13.0 Å². The average molecular weight is 468 g/mol. The maximum absolute atomic E-state index is 13.4. The second-order valence-corrected chi connectivity index (χ2v) is 8.72. The first-order valence-electron chi connectivity index (χ1n) is 11.0. The molecule has 4 heterocycles. The lowest BCUT2D eigenvalue weighted by molar-refractivity contribution is -0.0571. The molecule has 1 saturated heterocycles. The van der Waals surface area contributed by atoms with Gasteiger partial charge in [0.25, 0.3) is 5.91 Å². The third-order valence-corrected chi connectivity index (χ3v) is 6.20. The highest BCUT2D eigenvalue weighted by Gasteiger charge is 2.40. The van der Waals surface area contributed by atoms with Gasteiger partial charge in [-0.25, -0.2) is 9.97 Å². The normalized spacial score (nSPS) is 18.4. The molecule has 0 spiro atoms. The molecule has 1 aromatic carbocycles. The zero-order valence-electron chi connectivity index (χ0n) is 18.7.